The van der Waals surface area contributed by atoms with E-state index in [1.165, 1.54) is 47.4 Å². The van der Waals surface area contributed by atoms with Crippen molar-refractivity contribution < 1.29 is 9.72 Å². The summed E-state index contributed by atoms with van der Waals surface area (Å²) in [5.41, 5.74) is 2.89. The first kappa shape index (κ1) is 17.8. The van der Waals surface area contributed by atoms with Crippen LogP contribution in [-0.2, 0) is 4.79 Å². The van der Waals surface area contributed by atoms with E-state index >= 15 is 0 Å². The van der Waals surface area contributed by atoms with Crippen LogP contribution in [0.4, 0.5) is 11.4 Å². The average molecular weight is 384 g/mol. The normalized spacial score (nSPS) is 10.8. The summed E-state index contributed by atoms with van der Waals surface area (Å²) in [5.74, 6) is -0.318. The third kappa shape index (κ3) is 4.98. The van der Waals surface area contributed by atoms with Crippen LogP contribution >= 0.6 is 23.1 Å². The minimum absolute atomic E-state index is 0.0175. The Morgan fingerprint density at radius 1 is 1.23 bits per heavy atom. The second-order valence-electron chi connectivity index (χ2n) is 5.01. The molecule has 2 aromatic carbocycles. The molecule has 9 heteroatoms. The molecule has 7 nitrogen and oxygen atoms in total. The van der Waals surface area contributed by atoms with Crippen molar-refractivity contribution in [3.05, 3.63) is 75.8 Å². The van der Waals surface area contributed by atoms with E-state index in [0.717, 1.165) is 9.24 Å². The molecule has 130 valence electrons. The number of rotatable bonds is 6. The van der Waals surface area contributed by atoms with Crippen LogP contribution in [0.25, 0.3) is 6.08 Å². The lowest BCUT2D eigenvalue weighted by Crippen LogP contribution is -2.07. The number of carbonyl (C=O) groups excluding carboxylic acids is 1. The Balaban J connectivity index is 1.59. The molecular formula is C17H12N4O3S2. The molecule has 0 aliphatic rings. The van der Waals surface area contributed by atoms with Crippen molar-refractivity contribution in [3.63, 3.8) is 0 Å². The molecule has 0 bridgehead atoms. The largest absolute Gasteiger partial charge is 0.323 e. The Bertz CT molecular complexity index is 941. The highest BCUT2D eigenvalue weighted by Gasteiger charge is 2.05. The Hall–Kier alpha value is -3.04. The van der Waals surface area contributed by atoms with Crippen molar-refractivity contribution in [1.82, 2.24) is 10.2 Å². The minimum Gasteiger partial charge on any atom is -0.323 e. The van der Waals surface area contributed by atoms with Gasteiger partial charge >= 0.3 is 0 Å². The van der Waals surface area contributed by atoms with Gasteiger partial charge < -0.3 is 5.32 Å². The number of benzene rings is 2. The Morgan fingerprint density at radius 2 is 2.04 bits per heavy atom. The maximum Gasteiger partial charge on any atom is 0.270 e. The highest BCUT2D eigenvalue weighted by molar-refractivity contribution is 8.01. The molecule has 26 heavy (non-hydrogen) atoms. The standard InChI is InChI=1S/C17H12N4O3S2/c22-16(9-4-12-2-1-3-14(10-12)21(23)24)19-13-5-7-15(8-6-13)26-17-20-18-11-25-17/h1-11H,(H,19,22)/b9-4+. The van der Waals surface area contributed by atoms with Gasteiger partial charge in [-0.15, -0.1) is 10.2 Å². The molecule has 0 saturated heterocycles. The number of amides is 1. The lowest BCUT2D eigenvalue weighted by molar-refractivity contribution is -0.384. The molecule has 1 aromatic heterocycles. The van der Waals surface area contributed by atoms with Crippen molar-refractivity contribution in [2.24, 2.45) is 0 Å². The topological polar surface area (TPSA) is 98.0 Å². The number of nitrogens with zero attached hydrogens (tertiary/aromatic N) is 3. The van der Waals surface area contributed by atoms with E-state index in [1.54, 1.807) is 29.8 Å². The van der Waals surface area contributed by atoms with Gasteiger partial charge in [-0.05, 0) is 35.9 Å². The molecule has 1 heterocycles. The van der Waals surface area contributed by atoms with Gasteiger partial charge in [0.15, 0.2) is 4.34 Å². The van der Waals surface area contributed by atoms with Crippen LogP contribution in [0.2, 0.25) is 0 Å². The molecule has 0 aliphatic carbocycles. The third-order valence-corrected chi connectivity index (χ3v) is 4.96. The van der Waals surface area contributed by atoms with Gasteiger partial charge in [0.1, 0.15) is 5.51 Å². The number of nitro benzene ring substituents is 1. The predicted octanol–water partition coefficient (Wildman–Crippen LogP) is 4.25. The van der Waals surface area contributed by atoms with Gasteiger partial charge in [0.2, 0.25) is 5.91 Å². The van der Waals surface area contributed by atoms with Gasteiger partial charge in [-0.2, -0.15) is 0 Å². The van der Waals surface area contributed by atoms with Crippen molar-refractivity contribution in [2.45, 2.75) is 9.24 Å². The SMILES string of the molecule is O=C(/C=C/c1cccc([N+](=O)[O-])c1)Nc1ccc(Sc2nncs2)cc1. The maximum atomic E-state index is 12.0. The summed E-state index contributed by atoms with van der Waals surface area (Å²) in [7, 11) is 0. The molecule has 3 rings (SSSR count). The predicted molar refractivity (Wildman–Crippen MR) is 101 cm³/mol. The average Bonchev–Trinajstić information content (AvgIpc) is 3.15. The van der Waals surface area contributed by atoms with Crippen LogP contribution in [0.15, 0.2) is 69.4 Å². The van der Waals surface area contributed by atoms with Gasteiger partial charge in [-0.25, -0.2) is 0 Å². The molecule has 0 radical (unpaired) electrons. The van der Waals surface area contributed by atoms with E-state index in [2.05, 4.69) is 15.5 Å². The lowest BCUT2D eigenvalue weighted by Gasteiger charge is -2.03. The van der Waals surface area contributed by atoms with E-state index in [-0.39, 0.29) is 11.6 Å². The zero-order chi connectivity index (χ0) is 18.4. The smallest absolute Gasteiger partial charge is 0.270 e. The highest BCUT2D eigenvalue weighted by Crippen LogP contribution is 2.29. The van der Waals surface area contributed by atoms with E-state index in [4.69, 9.17) is 0 Å². The second kappa shape index (κ2) is 8.37. The fourth-order valence-electron chi connectivity index (χ4n) is 2.01. The Morgan fingerprint density at radius 3 is 2.73 bits per heavy atom. The number of nitro groups is 1. The fourth-order valence-corrected chi connectivity index (χ4v) is 3.46. The van der Waals surface area contributed by atoms with Gasteiger partial charge in [-0.3, -0.25) is 14.9 Å². The van der Waals surface area contributed by atoms with Crippen molar-refractivity contribution in [3.8, 4) is 0 Å². The summed E-state index contributed by atoms with van der Waals surface area (Å²) in [6, 6.07) is 13.4. The monoisotopic (exact) mass is 384 g/mol. The zero-order valence-electron chi connectivity index (χ0n) is 13.2. The number of hydrogen-bond acceptors (Lipinski definition) is 7. The molecule has 0 spiro atoms. The molecule has 1 amide bonds. The summed E-state index contributed by atoms with van der Waals surface area (Å²) in [6.45, 7) is 0. The summed E-state index contributed by atoms with van der Waals surface area (Å²) in [4.78, 5) is 23.3. The van der Waals surface area contributed by atoms with Crippen molar-refractivity contribution >= 4 is 46.5 Å². The first-order valence-electron chi connectivity index (χ1n) is 7.38. The number of aromatic nitrogens is 2. The molecular weight excluding hydrogens is 372 g/mol. The zero-order valence-corrected chi connectivity index (χ0v) is 14.9. The number of carbonyl (C=O) groups is 1. The molecule has 0 fully saturated rings. The van der Waals surface area contributed by atoms with Crippen molar-refractivity contribution in [1.29, 1.82) is 0 Å². The van der Waals surface area contributed by atoms with Gasteiger partial charge in [0.25, 0.3) is 5.69 Å². The van der Waals surface area contributed by atoms with Crippen LogP contribution < -0.4 is 5.32 Å². The fraction of sp³-hybridized carbons (Fsp3) is 0. The van der Waals surface area contributed by atoms with Gasteiger partial charge in [0, 0.05) is 28.8 Å². The summed E-state index contributed by atoms with van der Waals surface area (Å²) < 4.78 is 0.849. The number of hydrogen-bond donors (Lipinski definition) is 1. The maximum absolute atomic E-state index is 12.0. The van der Waals surface area contributed by atoms with E-state index < -0.39 is 4.92 Å². The second-order valence-corrected chi connectivity index (χ2v) is 7.16. The first-order valence-corrected chi connectivity index (χ1v) is 9.07. The van der Waals surface area contributed by atoms with Crippen molar-refractivity contribution in [2.75, 3.05) is 5.32 Å². The first-order chi connectivity index (χ1) is 12.6. The molecule has 0 aliphatic heterocycles. The summed E-state index contributed by atoms with van der Waals surface area (Å²) in [6.07, 6.45) is 2.87. The molecule has 3 aromatic rings. The minimum atomic E-state index is -0.473. The van der Waals surface area contributed by atoms with Crippen LogP contribution in [0.5, 0.6) is 0 Å². The van der Waals surface area contributed by atoms with Gasteiger partial charge in [-0.1, -0.05) is 35.2 Å². The Labute approximate surface area is 156 Å². The quantitative estimate of drug-likeness (QED) is 0.388. The van der Waals surface area contributed by atoms with E-state index in [9.17, 15) is 14.9 Å². The highest BCUT2D eigenvalue weighted by atomic mass is 32.2. The molecule has 0 atom stereocenters. The lowest BCUT2D eigenvalue weighted by atomic mass is 10.2. The van der Waals surface area contributed by atoms with Gasteiger partial charge in [0.05, 0.1) is 4.92 Å². The summed E-state index contributed by atoms with van der Waals surface area (Å²) >= 11 is 2.96. The molecule has 1 N–H and O–H groups in total. The number of nitrogens with one attached hydrogen (secondary N) is 1. The Kier molecular flexibility index (Phi) is 5.72. The van der Waals surface area contributed by atoms with E-state index in [1.807, 2.05) is 12.1 Å². The third-order valence-electron chi connectivity index (χ3n) is 3.18. The molecule has 0 saturated carbocycles. The summed E-state index contributed by atoms with van der Waals surface area (Å²) in [5, 5.41) is 21.2. The van der Waals surface area contributed by atoms with Crippen LogP contribution in [0, 0.1) is 10.1 Å². The van der Waals surface area contributed by atoms with Crippen LogP contribution in [0.3, 0.4) is 0 Å². The van der Waals surface area contributed by atoms with E-state index in [0.29, 0.717) is 11.3 Å². The van der Waals surface area contributed by atoms with Crippen LogP contribution in [0.1, 0.15) is 5.56 Å². The number of anilines is 1. The molecule has 0 unspecified atom stereocenters. The van der Waals surface area contributed by atoms with Crippen LogP contribution in [-0.4, -0.2) is 21.0 Å². The number of non-ortho nitro benzene ring substituents is 1.